The summed E-state index contributed by atoms with van der Waals surface area (Å²) in [5, 5.41) is 4.56. The van der Waals surface area contributed by atoms with Gasteiger partial charge in [0.25, 0.3) is 0 Å². The molecule has 0 radical (unpaired) electrons. The highest BCUT2D eigenvalue weighted by molar-refractivity contribution is 5.84. The lowest BCUT2D eigenvalue weighted by Crippen LogP contribution is -2.14. The van der Waals surface area contributed by atoms with Crippen LogP contribution in [-0.4, -0.2) is 18.2 Å². The first kappa shape index (κ1) is 8.74. The molecule has 0 bridgehead atoms. The van der Waals surface area contributed by atoms with Gasteiger partial charge in [-0.1, -0.05) is 24.3 Å². The van der Waals surface area contributed by atoms with Gasteiger partial charge in [0, 0.05) is 29.7 Å². The third kappa shape index (κ3) is 1.22. The van der Waals surface area contributed by atoms with E-state index in [0.29, 0.717) is 5.92 Å². The van der Waals surface area contributed by atoms with Crippen LogP contribution in [0.2, 0.25) is 0 Å². The lowest BCUT2D eigenvalue weighted by Gasteiger charge is -2.06. The first-order chi connectivity index (χ1) is 7.40. The Hall–Kier alpha value is -1.54. The molecule has 1 N–H and O–H groups in total. The summed E-state index contributed by atoms with van der Waals surface area (Å²) < 4.78 is 2.29. The summed E-state index contributed by atoms with van der Waals surface area (Å²) in [5.41, 5.74) is 2.70. The van der Waals surface area contributed by atoms with E-state index in [2.05, 4.69) is 52.5 Å². The van der Waals surface area contributed by atoms with E-state index < -0.39 is 0 Å². The van der Waals surface area contributed by atoms with Crippen LogP contribution in [0.4, 0.5) is 0 Å². The minimum absolute atomic E-state index is 0.516. The van der Waals surface area contributed by atoms with Crippen molar-refractivity contribution in [1.29, 1.82) is 0 Å². The molecule has 2 aromatic rings. The van der Waals surface area contributed by atoms with Crippen LogP contribution >= 0.6 is 0 Å². The lowest BCUT2D eigenvalue weighted by atomic mass is 10.1. The number of para-hydroxylation sites is 1. The van der Waals surface area contributed by atoms with Crippen molar-refractivity contribution in [3.63, 3.8) is 0 Å². The van der Waals surface area contributed by atoms with E-state index in [0.717, 1.165) is 6.54 Å². The van der Waals surface area contributed by atoms with Crippen molar-refractivity contribution in [3.8, 4) is 0 Å². The van der Waals surface area contributed by atoms with Gasteiger partial charge in [0.15, 0.2) is 0 Å². The molecule has 1 aromatic heterocycles. The van der Waals surface area contributed by atoms with Crippen molar-refractivity contribution in [2.24, 2.45) is 0 Å². The van der Waals surface area contributed by atoms with Gasteiger partial charge in [-0.25, -0.2) is 0 Å². The van der Waals surface area contributed by atoms with E-state index in [1.807, 2.05) is 7.05 Å². The van der Waals surface area contributed by atoms with Crippen LogP contribution in [0.15, 0.2) is 36.4 Å². The molecule has 1 aliphatic rings. The maximum absolute atomic E-state index is 3.23. The van der Waals surface area contributed by atoms with Gasteiger partial charge in [-0.15, -0.1) is 0 Å². The van der Waals surface area contributed by atoms with Gasteiger partial charge >= 0.3 is 0 Å². The second-order valence-corrected chi connectivity index (χ2v) is 4.00. The van der Waals surface area contributed by atoms with E-state index in [1.165, 1.54) is 16.6 Å². The van der Waals surface area contributed by atoms with Crippen LogP contribution in [0, 0.1) is 0 Å². The minimum Gasteiger partial charge on any atom is -0.320 e. The van der Waals surface area contributed by atoms with Crippen molar-refractivity contribution in [3.05, 3.63) is 42.1 Å². The first-order valence-corrected chi connectivity index (χ1v) is 5.33. The van der Waals surface area contributed by atoms with Crippen molar-refractivity contribution in [2.75, 3.05) is 13.6 Å². The standard InChI is InChI=1S/C13H14N2/c1-14-9-11-6-7-15-12-5-3-2-4-10(12)8-13(11)15/h2-8,11,14H,9H2,1H3. The molecule has 0 aliphatic carbocycles. The molecule has 15 heavy (non-hydrogen) atoms. The van der Waals surface area contributed by atoms with Crippen molar-refractivity contribution in [2.45, 2.75) is 5.92 Å². The van der Waals surface area contributed by atoms with E-state index in [-0.39, 0.29) is 0 Å². The average molecular weight is 198 g/mol. The van der Waals surface area contributed by atoms with Crippen LogP contribution in [0.25, 0.3) is 17.1 Å². The summed E-state index contributed by atoms with van der Waals surface area (Å²) in [6.45, 7) is 1.01. The zero-order valence-electron chi connectivity index (χ0n) is 8.77. The number of rotatable bonds is 2. The minimum atomic E-state index is 0.516. The molecule has 2 heterocycles. The van der Waals surface area contributed by atoms with E-state index >= 15 is 0 Å². The fourth-order valence-corrected chi connectivity index (χ4v) is 2.33. The highest BCUT2D eigenvalue weighted by atomic mass is 15.0. The molecule has 1 atom stereocenters. The SMILES string of the molecule is CNCC1C=Cn2c1cc1ccccc12. The van der Waals surface area contributed by atoms with Crippen LogP contribution in [0.5, 0.6) is 0 Å². The van der Waals surface area contributed by atoms with E-state index in [4.69, 9.17) is 0 Å². The normalized spacial score (nSPS) is 18.6. The van der Waals surface area contributed by atoms with Gasteiger partial charge in [0.05, 0.1) is 5.52 Å². The summed E-state index contributed by atoms with van der Waals surface area (Å²) in [4.78, 5) is 0. The molecule has 2 nitrogen and oxygen atoms in total. The molecular formula is C13H14N2. The highest BCUT2D eigenvalue weighted by Gasteiger charge is 2.18. The van der Waals surface area contributed by atoms with Crippen molar-refractivity contribution >= 4 is 17.1 Å². The number of hydrogen-bond acceptors (Lipinski definition) is 1. The Balaban J connectivity index is 2.17. The fourth-order valence-electron chi connectivity index (χ4n) is 2.33. The molecule has 2 heteroatoms. The molecule has 1 aliphatic heterocycles. The number of hydrogen-bond donors (Lipinski definition) is 1. The number of aromatic nitrogens is 1. The molecule has 0 fully saturated rings. The molecule has 1 unspecified atom stereocenters. The number of benzene rings is 1. The highest BCUT2D eigenvalue weighted by Crippen LogP contribution is 2.31. The summed E-state index contributed by atoms with van der Waals surface area (Å²) in [6, 6.07) is 10.8. The molecule has 0 spiro atoms. The topological polar surface area (TPSA) is 17.0 Å². The van der Waals surface area contributed by atoms with Gasteiger partial charge in [-0.2, -0.15) is 0 Å². The maximum atomic E-state index is 3.23. The van der Waals surface area contributed by atoms with Gasteiger partial charge in [0.1, 0.15) is 0 Å². The van der Waals surface area contributed by atoms with Gasteiger partial charge in [-0.3, -0.25) is 0 Å². The van der Waals surface area contributed by atoms with Crippen molar-refractivity contribution in [1.82, 2.24) is 9.88 Å². The number of nitrogens with zero attached hydrogens (tertiary/aromatic N) is 1. The molecule has 0 saturated carbocycles. The third-order valence-electron chi connectivity index (χ3n) is 3.05. The quantitative estimate of drug-likeness (QED) is 0.784. The van der Waals surface area contributed by atoms with Crippen LogP contribution in [-0.2, 0) is 0 Å². The largest absolute Gasteiger partial charge is 0.320 e. The lowest BCUT2D eigenvalue weighted by molar-refractivity contribution is 0.720. The van der Waals surface area contributed by atoms with Gasteiger partial charge < -0.3 is 9.88 Å². The average Bonchev–Trinajstić information content (AvgIpc) is 2.79. The Bertz CT molecular complexity index is 522. The Morgan fingerprint density at radius 3 is 3.07 bits per heavy atom. The van der Waals surface area contributed by atoms with Crippen LogP contribution in [0.3, 0.4) is 0 Å². The van der Waals surface area contributed by atoms with E-state index in [1.54, 1.807) is 0 Å². The number of likely N-dealkylation sites (N-methyl/N-ethyl adjacent to an activating group) is 1. The summed E-state index contributed by atoms with van der Waals surface area (Å²) in [5.74, 6) is 0.516. The van der Waals surface area contributed by atoms with Crippen molar-refractivity contribution < 1.29 is 0 Å². The van der Waals surface area contributed by atoms with Gasteiger partial charge in [0.2, 0.25) is 0 Å². The number of fused-ring (bicyclic) bond motifs is 3. The van der Waals surface area contributed by atoms with Gasteiger partial charge in [-0.05, 0) is 19.2 Å². The summed E-state index contributed by atoms with van der Waals surface area (Å²) in [7, 11) is 2.00. The molecular weight excluding hydrogens is 184 g/mol. The first-order valence-electron chi connectivity index (χ1n) is 5.33. The van der Waals surface area contributed by atoms with Crippen LogP contribution < -0.4 is 5.32 Å². The van der Waals surface area contributed by atoms with E-state index in [9.17, 15) is 0 Å². The molecule has 0 saturated heterocycles. The second kappa shape index (κ2) is 3.24. The predicted octanol–water partition coefficient (Wildman–Crippen LogP) is 2.43. The van der Waals surface area contributed by atoms with Crippen LogP contribution in [0.1, 0.15) is 11.6 Å². The zero-order chi connectivity index (χ0) is 10.3. The summed E-state index contributed by atoms with van der Waals surface area (Å²) in [6.07, 6.45) is 4.44. The predicted molar refractivity (Wildman–Crippen MR) is 63.9 cm³/mol. The molecule has 76 valence electrons. The Labute approximate surface area is 89.2 Å². The Morgan fingerprint density at radius 2 is 2.20 bits per heavy atom. The summed E-state index contributed by atoms with van der Waals surface area (Å²) >= 11 is 0. The second-order valence-electron chi connectivity index (χ2n) is 4.00. The zero-order valence-corrected chi connectivity index (χ0v) is 8.77. The molecule has 0 amide bonds. The smallest absolute Gasteiger partial charge is 0.0525 e. The monoisotopic (exact) mass is 198 g/mol. The molecule has 1 aromatic carbocycles. The molecule has 3 rings (SSSR count). The maximum Gasteiger partial charge on any atom is 0.0525 e. The third-order valence-corrected chi connectivity index (χ3v) is 3.05. The number of nitrogens with one attached hydrogen (secondary N) is 1. The fraction of sp³-hybridized carbons (Fsp3) is 0.231. The Kier molecular flexibility index (Phi) is 1.89. The Morgan fingerprint density at radius 1 is 1.33 bits per heavy atom.